The highest BCUT2D eigenvalue weighted by atomic mass is 35.5. The zero-order valence-electron chi connectivity index (χ0n) is 15.1. The SMILES string of the molecule is O=C(NCC12CC(CN1Cc1ccccc1)C2)c1ccc(C(F)(F)F)cc1Cl. The van der Waals surface area contributed by atoms with Gasteiger partial charge in [0.25, 0.3) is 5.91 Å². The summed E-state index contributed by atoms with van der Waals surface area (Å²) in [7, 11) is 0. The third-order valence-electron chi connectivity index (χ3n) is 5.82. The minimum absolute atomic E-state index is 0.0644. The smallest absolute Gasteiger partial charge is 0.350 e. The Balaban J connectivity index is 1.42. The molecule has 2 bridgehead atoms. The maximum Gasteiger partial charge on any atom is 0.416 e. The molecule has 28 heavy (non-hydrogen) atoms. The van der Waals surface area contributed by atoms with Crippen LogP contribution in [-0.4, -0.2) is 29.4 Å². The lowest BCUT2D eigenvalue weighted by molar-refractivity contribution is -0.137. The van der Waals surface area contributed by atoms with Crippen molar-refractivity contribution in [3.05, 3.63) is 70.2 Å². The molecule has 2 heterocycles. The Morgan fingerprint density at radius 2 is 1.89 bits per heavy atom. The highest BCUT2D eigenvalue weighted by Gasteiger charge is 2.55. The molecule has 0 aromatic heterocycles. The minimum atomic E-state index is -4.49. The average Bonchev–Trinajstić information content (AvgIpc) is 3.13. The van der Waals surface area contributed by atoms with Crippen LogP contribution in [0.3, 0.4) is 0 Å². The van der Waals surface area contributed by atoms with Crippen molar-refractivity contribution in [1.82, 2.24) is 10.2 Å². The first-order chi connectivity index (χ1) is 13.3. The molecule has 0 atom stereocenters. The number of benzene rings is 2. The van der Waals surface area contributed by atoms with Crippen molar-refractivity contribution in [3.63, 3.8) is 0 Å². The fourth-order valence-electron chi connectivity index (χ4n) is 4.42. The topological polar surface area (TPSA) is 32.3 Å². The van der Waals surface area contributed by atoms with Crippen LogP contribution in [0.1, 0.15) is 34.3 Å². The van der Waals surface area contributed by atoms with Gasteiger partial charge in [-0.15, -0.1) is 0 Å². The fourth-order valence-corrected chi connectivity index (χ4v) is 4.68. The van der Waals surface area contributed by atoms with E-state index < -0.39 is 17.6 Å². The van der Waals surface area contributed by atoms with Gasteiger partial charge in [0.15, 0.2) is 0 Å². The number of halogens is 4. The lowest BCUT2D eigenvalue weighted by atomic mass is 9.73. The Hall–Kier alpha value is -2.05. The molecular formula is C21H20ClF3N2O. The Morgan fingerprint density at radius 1 is 1.18 bits per heavy atom. The molecule has 7 heteroatoms. The molecule has 2 aliphatic heterocycles. The standard InChI is InChI=1S/C21H20ClF3N2O/c22-18-8-16(21(23,24)25)6-7-17(18)19(28)26-13-20-9-15(10-20)12-27(20)11-14-4-2-1-3-5-14/h1-8,15H,9-13H2,(H,26,28). The average molecular weight is 409 g/mol. The van der Waals surface area contributed by atoms with Crippen LogP contribution < -0.4 is 5.32 Å². The molecule has 3 aliphatic rings. The molecule has 3 nitrogen and oxygen atoms in total. The largest absolute Gasteiger partial charge is 0.416 e. The molecule has 1 saturated carbocycles. The Labute approximate surface area is 166 Å². The highest BCUT2D eigenvalue weighted by molar-refractivity contribution is 6.33. The second-order valence-electron chi connectivity index (χ2n) is 7.74. The summed E-state index contributed by atoms with van der Waals surface area (Å²) in [6, 6.07) is 13.0. The van der Waals surface area contributed by atoms with Gasteiger partial charge in [-0.25, -0.2) is 0 Å². The first kappa shape index (κ1) is 19.3. The molecule has 2 aromatic rings. The Morgan fingerprint density at radius 3 is 2.54 bits per heavy atom. The number of carbonyl (C=O) groups excluding carboxylic acids is 1. The number of fused-ring (bicyclic) bond motifs is 1. The number of carbonyl (C=O) groups is 1. The van der Waals surface area contributed by atoms with Crippen molar-refractivity contribution in [1.29, 1.82) is 0 Å². The molecule has 2 aromatic carbocycles. The molecule has 1 aliphatic carbocycles. The monoisotopic (exact) mass is 408 g/mol. The molecule has 0 spiro atoms. The summed E-state index contributed by atoms with van der Waals surface area (Å²) >= 11 is 5.94. The second-order valence-corrected chi connectivity index (χ2v) is 8.15. The first-order valence-corrected chi connectivity index (χ1v) is 9.59. The summed E-state index contributed by atoms with van der Waals surface area (Å²) in [6.07, 6.45) is -2.43. The number of hydrogen-bond donors (Lipinski definition) is 1. The van der Waals surface area contributed by atoms with Crippen LogP contribution >= 0.6 is 11.6 Å². The van der Waals surface area contributed by atoms with Crippen molar-refractivity contribution < 1.29 is 18.0 Å². The number of amides is 1. The normalized spacial score (nSPS) is 24.1. The lowest BCUT2D eigenvalue weighted by Crippen LogP contribution is -2.53. The number of nitrogens with zero attached hydrogens (tertiary/aromatic N) is 1. The lowest BCUT2D eigenvalue weighted by Gasteiger charge is -2.42. The van der Waals surface area contributed by atoms with Crippen molar-refractivity contribution in [3.8, 4) is 0 Å². The number of rotatable bonds is 5. The molecule has 0 unspecified atom stereocenters. The van der Waals surface area contributed by atoms with E-state index in [2.05, 4.69) is 22.3 Å². The van der Waals surface area contributed by atoms with Gasteiger partial charge in [0, 0.05) is 25.2 Å². The molecule has 148 valence electrons. The van der Waals surface area contributed by atoms with Gasteiger partial charge in [0.1, 0.15) is 0 Å². The highest BCUT2D eigenvalue weighted by Crippen LogP contribution is 2.50. The third kappa shape index (κ3) is 3.63. The van der Waals surface area contributed by atoms with E-state index in [1.165, 1.54) is 5.56 Å². The zero-order chi connectivity index (χ0) is 19.9. The maximum absolute atomic E-state index is 12.8. The quantitative estimate of drug-likeness (QED) is 0.774. The van der Waals surface area contributed by atoms with Gasteiger partial charge in [-0.2, -0.15) is 13.2 Å². The van der Waals surface area contributed by atoms with Crippen molar-refractivity contribution in [2.24, 2.45) is 5.92 Å². The summed E-state index contributed by atoms with van der Waals surface area (Å²) in [4.78, 5) is 14.9. The van der Waals surface area contributed by atoms with Gasteiger partial charge in [-0.05, 0) is 42.5 Å². The van der Waals surface area contributed by atoms with E-state index in [0.29, 0.717) is 12.5 Å². The van der Waals surface area contributed by atoms with Gasteiger partial charge in [-0.1, -0.05) is 41.9 Å². The molecule has 0 radical (unpaired) electrons. The Kier molecular flexibility index (Phi) is 4.88. The van der Waals surface area contributed by atoms with Gasteiger partial charge >= 0.3 is 6.18 Å². The van der Waals surface area contributed by atoms with E-state index in [-0.39, 0.29) is 16.1 Å². The molecule has 1 N–H and O–H groups in total. The van der Waals surface area contributed by atoms with Crippen LogP contribution in [0.2, 0.25) is 5.02 Å². The van der Waals surface area contributed by atoms with Crippen LogP contribution in [0.4, 0.5) is 13.2 Å². The molecule has 1 amide bonds. The predicted octanol–water partition coefficient (Wildman–Crippen LogP) is 4.75. The molecular weight excluding hydrogens is 389 g/mol. The van der Waals surface area contributed by atoms with Crippen LogP contribution in [-0.2, 0) is 12.7 Å². The zero-order valence-corrected chi connectivity index (χ0v) is 15.9. The number of alkyl halides is 3. The molecule has 2 saturated heterocycles. The van der Waals surface area contributed by atoms with Crippen LogP contribution in [0.15, 0.2) is 48.5 Å². The van der Waals surface area contributed by atoms with Gasteiger partial charge in [-0.3, -0.25) is 9.69 Å². The van der Waals surface area contributed by atoms with E-state index >= 15 is 0 Å². The summed E-state index contributed by atoms with van der Waals surface area (Å²) < 4.78 is 38.3. The first-order valence-electron chi connectivity index (χ1n) is 9.21. The van der Waals surface area contributed by atoms with E-state index in [0.717, 1.165) is 44.1 Å². The summed E-state index contributed by atoms with van der Waals surface area (Å²) in [5.41, 5.74) is 0.356. The van der Waals surface area contributed by atoms with Crippen molar-refractivity contribution in [2.75, 3.05) is 13.1 Å². The van der Waals surface area contributed by atoms with Crippen LogP contribution in [0, 0.1) is 5.92 Å². The fraction of sp³-hybridized carbons (Fsp3) is 0.381. The third-order valence-corrected chi connectivity index (χ3v) is 6.13. The summed E-state index contributed by atoms with van der Waals surface area (Å²) in [6.45, 7) is 2.30. The van der Waals surface area contributed by atoms with E-state index in [9.17, 15) is 18.0 Å². The van der Waals surface area contributed by atoms with Crippen LogP contribution in [0.5, 0.6) is 0 Å². The van der Waals surface area contributed by atoms with Crippen molar-refractivity contribution in [2.45, 2.75) is 31.1 Å². The van der Waals surface area contributed by atoms with E-state index in [1.807, 2.05) is 18.2 Å². The minimum Gasteiger partial charge on any atom is -0.350 e. The molecule has 5 rings (SSSR count). The second kappa shape index (κ2) is 7.08. The summed E-state index contributed by atoms with van der Waals surface area (Å²) in [5.74, 6) is 0.207. The van der Waals surface area contributed by atoms with Gasteiger partial charge < -0.3 is 5.32 Å². The van der Waals surface area contributed by atoms with Gasteiger partial charge in [0.2, 0.25) is 0 Å². The van der Waals surface area contributed by atoms with E-state index in [4.69, 9.17) is 11.6 Å². The maximum atomic E-state index is 12.8. The van der Waals surface area contributed by atoms with E-state index in [1.54, 1.807) is 0 Å². The number of hydrogen-bond acceptors (Lipinski definition) is 2. The molecule has 3 fully saturated rings. The Bertz CT molecular complexity index is 879. The van der Waals surface area contributed by atoms with Crippen molar-refractivity contribution >= 4 is 17.5 Å². The number of nitrogens with one attached hydrogen (secondary N) is 1. The predicted molar refractivity (Wildman–Crippen MR) is 101 cm³/mol. The van der Waals surface area contributed by atoms with Crippen LogP contribution in [0.25, 0.3) is 0 Å². The van der Waals surface area contributed by atoms with Gasteiger partial charge in [0.05, 0.1) is 16.1 Å². The summed E-state index contributed by atoms with van der Waals surface area (Å²) in [5, 5.41) is 2.70.